The molecular weight excluding hydrogens is 322 g/mol. The average molecular weight is 343 g/mol. The summed E-state index contributed by atoms with van der Waals surface area (Å²) < 4.78 is 10.6. The first-order chi connectivity index (χ1) is 11.6. The predicted octanol–water partition coefficient (Wildman–Crippen LogP) is 3.09. The highest BCUT2D eigenvalue weighted by Gasteiger charge is 2.08. The predicted molar refractivity (Wildman–Crippen MR) is 101 cm³/mol. The molecule has 0 saturated carbocycles. The molecule has 0 spiro atoms. The molecule has 6 heteroatoms. The molecule has 126 valence electrons. The summed E-state index contributed by atoms with van der Waals surface area (Å²) in [7, 11) is 3.25. The lowest BCUT2D eigenvalue weighted by molar-refractivity contribution is 0.402. The van der Waals surface area contributed by atoms with Crippen LogP contribution in [-0.2, 0) is 6.54 Å². The number of methoxy groups -OCH3 is 2. The van der Waals surface area contributed by atoms with Crippen LogP contribution in [-0.4, -0.2) is 25.0 Å². The van der Waals surface area contributed by atoms with Crippen molar-refractivity contribution < 1.29 is 9.47 Å². The van der Waals surface area contributed by atoms with Crippen molar-refractivity contribution in [1.29, 1.82) is 0 Å². The molecule has 0 aliphatic heterocycles. The van der Waals surface area contributed by atoms with Gasteiger partial charge in [-0.2, -0.15) is 5.10 Å². The number of hydrogen-bond donors (Lipinski definition) is 2. The molecule has 0 saturated heterocycles. The van der Waals surface area contributed by atoms with Gasteiger partial charge in [0.15, 0.2) is 5.11 Å². The number of benzene rings is 2. The van der Waals surface area contributed by atoms with Crippen LogP contribution in [0.2, 0.25) is 0 Å². The van der Waals surface area contributed by atoms with E-state index in [9.17, 15) is 0 Å². The lowest BCUT2D eigenvalue weighted by atomic mass is 10.1. The van der Waals surface area contributed by atoms with Crippen LogP contribution in [0, 0.1) is 0 Å². The van der Waals surface area contributed by atoms with Crippen LogP contribution in [0.1, 0.15) is 18.1 Å². The Morgan fingerprint density at radius 3 is 2.50 bits per heavy atom. The molecule has 0 fully saturated rings. The molecular formula is C18H21N3O2S. The second kappa shape index (κ2) is 8.88. The molecule has 2 aromatic carbocycles. The Balaban J connectivity index is 1.99. The smallest absolute Gasteiger partial charge is 0.187 e. The minimum atomic E-state index is 0.458. The molecule has 24 heavy (non-hydrogen) atoms. The molecule has 0 bridgehead atoms. The van der Waals surface area contributed by atoms with Gasteiger partial charge in [0.25, 0.3) is 0 Å². The molecule has 0 aromatic heterocycles. The molecule has 5 nitrogen and oxygen atoms in total. The number of hydrogen-bond acceptors (Lipinski definition) is 4. The highest BCUT2D eigenvalue weighted by atomic mass is 32.1. The Morgan fingerprint density at radius 1 is 1.08 bits per heavy atom. The Hall–Kier alpha value is -2.60. The third kappa shape index (κ3) is 4.96. The van der Waals surface area contributed by atoms with Crippen molar-refractivity contribution in [2.24, 2.45) is 5.10 Å². The van der Waals surface area contributed by atoms with Crippen LogP contribution in [0.3, 0.4) is 0 Å². The van der Waals surface area contributed by atoms with E-state index < -0.39 is 0 Å². The summed E-state index contributed by atoms with van der Waals surface area (Å²) in [5.41, 5.74) is 5.59. The number of nitrogens with zero attached hydrogens (tertiary/aromatic N) is 1. The summed E-state index contributed by atoms with van der Waals surface area (Å²) in [4.78, 5) is 0. The van der Waals surface area contributed by atoms with Crippen LogP contribution in [0.15, 0.2) is 53.6 Å². The fraction of sp³-hybridized carbons (Fsp3) is 0.222. The van der Waals surface area contributed by atoms with E-state index in [1.54, 1.807) is 14.2 Å². The van der Waals surface area contributed by atoms with E-state index in [2.05, 4.69) is 15.8 Å². The van der Waals surface area contributed by atoms with E-state index in [4.69, 9.17) is 21.7 Å². The fourth-order valence-corrected chi connectivity index (χ4v) is 2.23. The first-order valence-corrected chi connectivity index (χ1v) is 7.89. The van der Waals surface area contributed by atoms with Gasteiger partial charge in [-0.3, -0.25) is 5.43 Å². The van der Waals surface area contributed by atoms with Gasteiger partial charge >= 0.3 is 0 Å². The molecule has 0 heterocycles. The third-order valence-corrected chi connectivity index (χ3v) is 3.65. The van der Waals surface area contributed by atoms with Crippen molar-refractivity contribution in [3.63, 3.8) is 0 Å². The van der Waals surface area contributed by atoms with Crippen molar-refractivity contribution in [2.75, 3.05) is 14.2 Å². The topological polar surface area (TPSA) is 54.9 Å². The zero-order valence-electron chi connectivity index (χ0n) is 14.0. The monoisotopic (exact) mass is 343 g/mol. The molecule has 0 atom stereocenters. The second-order valence-electron chi connectivity index (χ2n) is 5.04. The summed E-state index contributed by atoms with van der Waals surface area (Å²) in [5.74, 6) is 1.46. The standard InChI is InChI=1S/C18H21N3O2S/c1-13(16-11-15(22-2)9-10-17(16)23-3)20-21-18(24)19-12-14-7-5-4-6-8-14/h4-11H,12H2,1-3H3,(H2,19,21,24)/b20-13+. The zero-order chi connectivity index (χ0) is 17.4. The maximum atomic E-state index is 5.37. The van der Waals surface area contributed by atoms with Gasteiger partial charge in [-0.15, -0.1) is 0 Å². The quantitative estimate of drug-likeness (QED) is 0.480. The second-order valence-corrected chi connectivity index (χ2v) is 5.45. The van der Waals surface area contributed by atoms with Gasteiger partial charge in [-0.25, -0.2) is 0 Å². The van der Waals surface area contributed by atoms with E-state index in [-0.39, 0.29) is 0 Å². The largest absolute Gasteiger partial charge is 0.497 e. The van der Waals surface area contributed by atoms with Gasteiger partial charge in [0.1, 0.15) is 11.5 Å². The van der Waals surface area contributed by atoms with E-state index in [0.717, 1.165) is 28.3 Å². The van der Waals surface area contributed by atoms with Crippen LogP contribution in [0.4, 0.5) is 0 Å². The minimum Gasteiger partial charge on any atom is -0.497 e. The van der Waals surface area contributed by atoms with Crippen molar-refractivity contribution in [3.05, 3.63) is 59.7 Å². The summed E-state index contributed by atoms with van der Waals surface area (Å²) in [6, 6.07) is 15.6. The first-order valence-electron chi connectivity index (χ1n) is 7.48. The van der Waals surface area contributed by atoms with Crippen molar-refractivity contribution >= 4 is 23.0 Å². The summed E-state index contributed by atoms with van der Waals surface area (Å²) >= 11 is 5.25. The normalized spacial score (nSPS) is 10.9. The third-order valence-electron chi connectivity index (χ3n) is 3.42. The molecule has 2 aromatic rings. The molecule has 0 aliphatic carbocycles. The minimum absolute atomic E-state index is 0.458. The van der Waals surface area contributed by atoms with E-state index in [1.807, 2.05) is 55.5 Å². The van der Waals surface area contributed by atoms with Crippen molar-refractivity contribution in [1.82, 2.24) is 10.7 Å². The first kappa shape index (κ1) is 17.7. The van der Waals surface area contributed by atoms with Gasteiger partial charge in [0.05, 0.1) is 19.9 Å². The van der Waals surface area contributed by atoms with Gasteiger partial charge < -0.3 is 14.8 Å². The van der Waals surface area contributed by atoms with Crippen LogP contribution in [0.5, 0.6) is 11.5 Å². The van der Waals surface area contributed by atoms with Crippen LogP contribution < -0.4 is 20.2 Å². The lowest BCUT2D eigenvalue weighted by Crippen LogP contribution is -2.32. The highest BCUT2D eigenvalue weighted by molar-refractivity contribution is 7.80. The summed E-state index contributed by atoms with van der Waals surface area (Å²) in [6.07, 6.45) is 0. The number of nitrogens with one attached hydrogen (secondary N) is 2. The number of rotatable bonds is 6. The van der Waals surface area contributed by atoms with Crippen LogP contribution in [0.25, 0.3) is 0 Å². The average Bonchev–Trinajstić information content (AvgIpc) is 2.64. The molecule has 2 rings (SSSR count). The molecule has 2 N–H and O–H groups in total. The molecule has 0 unspecified atom stereocenters. The van der Waals surface area contributed by atoms with Crippen molar-refractivity contribution in [2.45, 2.75) is 13.5 Å². The fourth-order valence-electron chi connectivity index (χ4n) is 2.11. The SMILES string of the molecule is COc1ccc(OC)c(/C(C)=N/NC(=S)NCc2ccccc2)c1. The lowest BCUT2D eigenvalue weighted by Gasteiger charge is -2.11. The maximum Gasteiger partial charge on any atom is 0.187 e. The van der Waals surface area contributed by atoms with Gasteiger partial charge in [0.2, 0.25) is 0 Å². The Bertz CT molecular complexity index is 717. The van der Waals surface area contributed by atoms with Gasteiger partial charge in [0, 0.05) is 12.1 Å². The zero-order valence-corrected chi connectivity index (χ0v) is 14.8. The Morgan fingerprint density at radius 2 is 1.83 bits per heavy atom. The number of ether oxygens (including phenoxy) is 2. The van der Waals surface area contributed by atoms with E-state index in [1.165, 1.54) is 0 Å². The van der Waals surface area contributed by atoms with E-state index >= 15 is 0 Å². The summed E-state index contributed by atoms with van der Waals surface area (Å²) in [6.45, 7) is 2.52. The number of hydrazone groups is 1. The Kier molecular flexibility index (Phi) is 6.57. The summed E-state index contributed by atoms with van der Waals surface area (Å²) in [5, 5.41) is 7.89. The number of thiocarbonyl (C=S) groups is 1. The van der Waals surface area contributed by atoms with Crippen molar-refractivity contribution in [3.8, 4) is 11.5 Å². The van der Waals surface area contributed by atoms with Gasteiger partial charge in [-0.05, 0) is 42.9 Å². The van der Waals surface area contributed by atoms with E-state index in [0.29, 0.717) is 11.7 Å². The highest BCUT2D eigenvalue weighted by Crippen LogP contribution is 2.24. The Labute approximate surface area is 147 Å². The van der Waals surface area contributed by atoms with Gasteiger partial charge in [-0.1, -0.05) is 30.3 Å². The molecule has 0 amide bonds. The molecule has 0 aliphatic rings. The van der Waals surface area contributed by atoms with Crippen LogP contribution >= 0.6 is 12.2 Å². The molecule has 0 radical (unpaired) electrons. The maximum absolute atomic E-state index is 5.37.